The van der Waals surface area contributed by atoms with Crippen molar-refractivity contribution in [3.05, 3.63) is 53.1 Å². The van der Waals surface area contributed by atoms with Crippen LogP contribution in [0.25, 0.3) is 0 Å². The molecule has 6 heteroatoms. The Morgan fingerprint density at radius 2 is 1.68 bits per heavy atom. The van der Waals surface area contributed by atoms with Gasteiger partial charge in [0.05, 0.1) is 14.2 Å². The van der Waals surface area contributed by atoms with Crippen molar-refractivity contribution in [2.45, 2.75) is 26.0 Å². The lowest BCUT2D eigenvalue weighted by Crippen LogP contribution is -2.46. The Morgan fingerprint density at radius 1 is 1.04 bits per heavy atom. The number of methoxy groups -OCH3 is 2. The van der Waals surface area contributed by atoms with Crippen LogP contribution >= 0.6 is 11.6 Å². The van der Waals surface area contributed by atoms with Gasteiger partial charge in [-0.2, -0.15) is 0 Å². The number of nitrogens with one attached hydrogen (secondary N) is 1. The standard InChI is InChI=1S/C19H22ClNO4/c1-19(2,25-15-8-6-14(20)7-9-15)18(22)21-12-13-5-10-16(23-3)17(11-13)24-4/h5-11H,12H2,1-4H3,(H,21,22). The maximum absolute atomic E-state index is 12.5. The SMILES string of the molecule is COc1ccc(CNC(=O)C(C)(C)Oc2ccc(Cl)cc2)cc1OC. The van der Waals surface area contributed by atoms with Gasteiger partial charge in [-0.15, -0.1) is 0 Å². The summed E-state index contributed by atoms with van der Waals surface area (Å²) in [6.07, 6.45) is 0. The maximum Gasteiger partial charge on any atom is 0.263 e. The van der Waals surface area contributed by atoms with Gasteiger partial charge in [-0.05, 0) is 55.8 Å². The Morgan fingerprint density at radius 3 is 2.28 bits per heavy atom. The first-order valence-electron chi connectivity index (χ1n) is 7.79. The molecule has 25 heavy (non-hydrogen) atoms. The van der Waals surface area contributed by atoms with Crippen molar-refractivity contribution < 1.29 is 19.0 Å². The van der Waals surface area contributed by atoms with E-state index in [1.165, 1.54) is 0 Å². The summed E-state index contributed by atoms with van der Waals surface area (Å²) in [6.45, 7) is 3.78. The van der Waals surface area contributed by atoms with Crippen LogP contribution in [0.2, 0.25) is 5.02 Å². The zero-order chi connectivity index (χ0) is 18.4. The quantitative estimate of drug-likeness (QED) is 0.812. The van der Waals surface area contributed by atoms with Gasteiger partial charge in [0.15, 0.2) is 17.1 Å². The number of hydrogen-bond acceptors (Lipinski definition) is 4. The highest BCUT2D eigenvalue weighted by atomic mass is 35.5. The van der Waals surface area contributed by atoms with Crippen LogP contribution in [0.3, 0.4) is 0 Å². The highest BCUT2D eigenvalue weighted by Gasteiger charge is 2.29. The molecule has 0 bridgehead atoms. The van der Waals surface area contributed by atoms with E-state index in [0.717, 1.165) is 5.56 Å². The average Bonchev–Trinajstić information content (AvgIpc) is 2.61. The van der Waals surface area contributed by atoms with Crippen LogP contribution in [-0.4, -0.2) is 25.7 Å². The van der Waals surface area contributed by atoms with Crippen LogP contribution in [0.1, 0.15) is 19.4 Å². The van der Waals surface area contributed by atoms with Crippen molar-refractivity contribution in [3.63, 3.8) is 0 Å². The molecule has 0 aliphatic heterocycles. The number of carbonyl (C=O) groups excluding carboxylic acids is 1. The molecule has 0 aromatic heterocycles. The topological polar surface area (TPSA) is 56.8 Å². The lowest BCUT2D eigenvalue weighted by Gasteiger charge is -2.25. The zero-order valence-electron chi connectivity index (χ0n) is 14.8. The molecule has 0 saturated carbocycles. The van der Waals surface area contributed by atoms with E-state index in [0.29, 0.717) is 28.8 Å². The van der Waals surface area contributed by atoms with Crippen LogP contribution in [0.4, 0.5) is 0 Å². The first kappa shape index (κ1) is 18.9. The van der Waals surface area contributed by atoms with E-state index in [1.807, 2.05) is 12.1 Å². The van der Waals surface area contributed by atoms with Crippen molar-refractivity contribution in [3.8, 4) is 17.2 Å². The normalized spacial score (nSPS) is 10.9. The Labute approximate surface area is 152 Å². The Balaban J connectivity index is 1.99. The van der Waals surface area contributed by atoms with E-state index in [-0.39, 0.29) is 5.91 Å². The number of carbonyl (C=O) groups is 1. The molecule has 0 heterocycles. The molecule has 5 nitrogen and oxygen atoms in total. The van der Waals surface area contributed by atoms with Crippen LogP contribution in [0.15, 0.2) is 42.5 Å². The molecule has 1 amide bonds. The van der Waals surface area contributed by atoms with E-state index >= 15 is 0 Å². The smallest absolute Gasteiger partial charge is 0.263 e. The van der Waals surface area contributed by atoms with Crippen molar-refractivity contribution in [2.75, 3.05) is 14.2 Å². The third-order valence-electron chi connectivity index (χ3n) is 3.63. The second-order valence-corrected chi connectivity index (χ2v) is 6.37. The molecule has 2 rings (SSSR count). The van der Waals surface area contributed by atoms with Crippen LogP contribution in [-0.2, 0) is 11.3 Å². The van der Waals surface area contributed by atoms with Gasteiger partial charge in [-0.1, -0.05) is 17.7 Å². The lowest BCUT2D eigenvalue weighted by molar-refractivity contribution is -0.134. The molecule has 2 aromatic carbocycles. The predicted molar refractivity (Wildman–Crippen MR) is 97.6 cm³/mol. The van der Waals surface area contributed by atoms with Crippen molar-refractivity contribution in [1.82, 2.24) is 5.32 Å². The van der Waals surface area contributed by atoms with Crippen LogP contribution in [0, 0.1) is 0 Å². The second kappa shape index (κ2) is 8.12. The minimum absolute atomic E-state index is 0.225. The van der Waals surface area contributed by atoms with Crippen molar-refractivity contribution in [1.29, 1.82) is 0 Å². The van der Waals surface area contributed by atoms with E-state index in [9.17, 15) is 4.79 Å². The molecular weight excluding hydrogens is 342 g/mol. The predicted octanol–water partition coefficient (Wildman–Crippen LogP) is 3.83. The fraction of sp³-hybridized carbons (Fsp3) is 0.316. The van der Waals surface area contributed by atoms with Gasteiger partial charge in [0.25, 0.3) is 5.91 Å². The van der Waals surface area contributed by atoms with Gasteiger partial charge in [-0.25, -0.2) is 0 Å². The molecule has 134 valence electrons. The molecule has 0 fully saturated rings. The molecule has 0 aliphatic rings. The molecule has 0 unspecified atom stereocenters. The molecular formula is C19H22ClNO4. The highest BCUT2D eigenvalue weighted by Crippen LogP contribution is 2.27. The van der Waals surface area contributed by atoms with Gasteiger partial charge in [-0.3, -0.25) is 4.79 Å². The first-order valence-corrected chi connectivity index (χ1v) is 8.17. The number of halogens is 1. The maximum atomic E-state index is 12.5. The third-order valence-corrected chi connectivity index (χ3v) is 3.89. The van der Waals surface area contributed by atoms with E-state index < -0.39 is 5.60 Å². The third kappa shape index (κ3) is 5.03. The van der Waals surface area contributed by atoms with Gasteiger partial charge >= 0.3 is 0 Å². The van der Waals surface area contributed by atoms with Crippen LogP contribution < -0.4 is 19.5 Å². The fourth-order valence-electron chi connectivity index (χ4n) is 2.23. The zero-order valence-corrected chi connectivity index (χ0v) is 15.5. The average molecular weight is 364 g/mol. The fourth-order valence-corrected chi connectivity index (χ4v) is 2.36. The molecule has 0 aliphatic carbocycles. The largest absolute Gasteiger partial charge is 0.493 e. The van der Waals surface area contributed by atoms with E-state index in [2.05, 4.69) is 5.32 Å². The number of rotatable bonds is 7. The highest BCUT2D eigenvalue weighted by molar-refractivity contribution is 6.30. The molecule has 2 aromatic rings. The monoisotopic (exact) mass is 363 g/mol. The summed E-state index contributed by atoms with van der Waals surface area (Å²) in [5, 5.41) is 3.49. The van der Waals surface area contributed by atoms with Crippen molar-refractivity contribution >= 4 is 17.5 Å². The van der Waals surface area contributed by atoms with Gasteiger partial charge < -0.3 is 19.5 Å². The Kier molecular flexibility index (Phi) is 6.15. The Bertz CT molecular complexity index is 729. The lowest BCUT2D eigenvalue weighted by atomic mass is 10.1. The second-order valence-electron chi connectivity index (χ2n) is 5.94. The summed E-state index contributed by atoms with van der Waals surface area (Å²) in [6, 6.07) is 12.4. The molecule has 0 spiro atoms. The number of benzene rings is 2. The van der Waals surface area contributed by atoms with Gasteiger partial charge in [0.2, 0.25) is 0 Å². The minimum Gasteiger partial charge on any atom is -0.493 e. The van der Waals surface area contributed by atoms with Gasteiger partial charge in [0.1, 0.15) is 5.75 Å². The van der Waals surface area contributed by atoms with E-state index in [4.69, 9.17) is 25.8 Å². The molecule has 0 atom stereocenters. The summed E-state index contributed by atoms with van der Waals surface area (Å²) in [7, 11) is 3.15. The summed E-state index contributed by atoms with van der Waals surface area (Å²) >= 11 is 5.86. The molecule has 0 radical (unpaired) electrons. The van der Waals surface area contributed by atoms with Gasteiger partial charge in [0, 0.05) is 11.6 Å². The molecule has 1 N–H and O–H groups in total. The summed E-state index contributed by atoms with van der Waals surface area (Å²) in [5.74, 6) is 1.61. The van der Waals surface area contributed by atoms with Crippen molar-refractivity contribution in [2.24, 2.45) is 0 Å². The van der Waals surface area contributed by atoms with E-state index in [1.54, 1.807) is 58.4 Å². The summed E-state index contributed by atoms with van der Waals surface area (Å²) in [5.41, 5.74) is -0.127. The first-order chi connectivity index (χ1) is 11.9. The molecule has 0 saturated heterocycles. The number of amides is 1. The Hall–Kier alpha value is -2.40. The minimum atomic E-state index is -1.02. The van der Waals surface area contributed by atoms with Crippen LogP contribution in [0.5, 0.6) is 17.2 Å². The summed E-state index contributed by atoms with van der Waals surface area (Å²) in [4.78, 5) is 12.5. The number of ether oxygens (including phenoxy) is 3. The summed E-state index contributed by atoms with van der Waals surface area (Å²) < 4.78 is 16.2. The number of hydrogen-bond donors (Lipinski definition) is 1.